The Morgan fingerprint density at radius 2 is 2.04 bits per heavy atom. The van der Waals surface area contributed by atoms with E-state index in [2.05, 4.69) is 26.6 Å². The molecule has 4 heterocycles. The van der Waals surface area contributed by atoms with Crippen molar-refractivity contribution in [3.05, 3.63) is 47.5 Å². The molecule has 0 radical (unpaired) electrons. The van der Waals surface area contributed by atoms with E-state index < -0.39 is 0 Å². The highest BCUT2D eigenvalue weighted by Crippen LogP contribution is 2.35. The van der Waals surface area contributed by atoms with Crippen LogP contribution < -0.4 is 5.32 Å². The van der Waals surface area contributed by atoms with Crippen LogP contribution in [-0.2, 0) is 0 Å². The number of nitrogens with zero attached hydrogens (tertiary/aromatic N) is 4. The van der Waals surface area contributed by atoms with Crippen LogP contribution in [0.2, 0.25) is 0 Å². The molecule has 2 bridgehead atoms. The molecule has 2 saturated heterocycles. The van der Waals surface area contributed by atoms with E-state index in [-0.39, 0.29) is 5.75 Å². The van der Waals surface area contributed by atoms with Gasteiger partial charge in [-0.1, -0.05) is 16.9 Å². The lowest BCUT2D eigenvalue weighted by Gasteiger charge is -2.23. The summed E-state index contributed by atoms with van der Waals surface area (Å²) in [6.07, 6.45) is 12.2. The molecule has 2 atom stereocenters. The molecule has 7 heteroatoms. The summed E-state index contributed by atoms with van der Waals surface area (Å²) >= 11 is 1.52. The second kappa shape index (κ2) is 6.34. The van der Waals surface area contributed by atoms with E-state index in [0.29, 0.717) is 17.6 Å². The number of phenolic OH excluding ortho intramolecular Hbond substituents is 1. The van der Waals surface area contributed by atoms with E-state index in [4.69, 9.17) is 0 Å². The van der Waals surface area contributed by atoms with Crippen molar-refractivity contribution in [1.29, 1.82) is 0 Å². The van der Waals surface area contributed by atoms with Crippen LogP contribution >= 0.6 is 11.3 Å². The number of hydrogen-bond donors (Lipinski definition) is 2. The van der Waals surface area contributed by atoms with Crippen molar-refractivity contribution >= 4 is 17.4 Å². The monoisotopic (exact) mass is 365 g/mol. The molecule has 132 valence electrons. The highest BCUT2D eigenvalue weighted by atomic mass is 32.1. The molecule has 2 aliphatic rings. The number of piperidine rings is 1. The first kappa shape index (κ1) is 15.7. The van der Waals surface area contributed by atoms with Crippen LogP contribution in [0.3, 0.4) is 0 Å². The SMILES string of the molecule is Oc1cc(-n2ccnc2)ccc1-c1nnc(/C=C2/CC3CC[C@@H](C2)N3)s1. The molecule has 1 unspecified atom stereocenters. The van der Waals surface area contributed by atoms with E-state index in [1.54, 1.807) is 18.6 Å². The largest absolute Gasteiger partial charge is 0.507 e. The highest BCUT2D eigenvalue weighted by Gasteiger charge is 2.30. The van der Waals surface area contributed by atoms with Gasteiger partial charge in [0.1, 0.15) is 10.8 Å². The molecule has 2 fully saturated rings. The Balaban J connectivity index is 1.40. The van der Waals surface area contributed by atoms with Crippen LogP contribution in [0.1, 0.15) is 30.7 Å². The minimum absolute atomic E-state index is 0.200. The van der Waals surface area contributed by atoms with Gasteiger partial charge in [0.15, 0.2) is 5.01 Å². The Morgan fingerprint density at radius 3 is 2.77 bits per heavy atom. The summed E-state index contributed by atoms with van der Waals surface area (Å²) in [7, 11) is 0. The number of rotatable bonds is 3. The lowest BCUT2D eigenvalue weighted by Crippen LogP contribution is -2.34. The summed E-state index contributed by atoms with van der Waals surface area (Å²) in [5, 5.41) is 24.3. The van der Waals surface area contributed by atoms with Crippen molar-refractivity contribution in [1.82, 2.24) is 25.1 Å². The third kappa shape index (κ3) is 2.93. The van der Waals surface area contributed by atoms with E-state index in [1.807, 2.05) is 22.9 Å². The zero-order chi connectivity index (χ0) is 17.5. The summed E-state index contributed by atoms with van der Waals surface area (Å²) in [5.74, 6) is 0.200. The second-order valence-electron chi connectivity index (χ2n) is 6.97. The fraction of sp³-hybridized carbons (Fsp3) is 0.316. The molecular formula is C19H19N5OS. The predicted octanol–water partition coefficient (Wildman–Crippen LogP) is 3.39. The fourth-order valence-corrected chi connectivity index (χ4v) is 4.78. The molecule has 0 aliphatic carbocycles. The molecule has 2 N–H and O–H groups in total. The van der Waals surface area contributed by atoms with E-state index in [0.717, 1.165) is 28.5 Å². The van der Waals surface area contributed by atoms with Gasteiger partial charge in [-0.15, -0.1) is 10.2 Å². The number of aromatic hydroxyl groups is 1. The summed E-state index contributed by atoms with van der Waals surface area (Å²) in [6, 6.07) is 6.81. The van der Waals surface area contributed by atoms with Gasteiger partial charge in [-0.3, -0.25) is 0 Å². The number of imidazole rings is 1. The van der Waals surface area contributed by atoms with Crippen LogP contribution in [0.15, 0.2) is 42.5 Å². The summed E-state index contributed by atoms with van der Waals surface area (Å²) in [5.41, 5.74) is 3.03. The third-order valence-electron chi connectivity index (χ3n) is 5.13. The Bertz CT molecular complexity index is 948. The first-order valence-corrected chi connectivity index (χ1v) is 9.67. The summed E-state index contributed by atoms with van der Waals surface area (Å²) in [4.78, 5) is 4.03. The van der Waals surface area contributed by atoms with Crippen LogP contribution in [0, 0.1) is 0 Å². The standard InChI is InChI=1S/C19H19N5OS/c25-17-10-15(24-6-5-20-11-24)3-4-16(17)19-23-22-18(26-19)9-12-7-13-1-2-14(8-12)21-13/h3-6,9-11,13-14,21,25H,1-2,7-8H2/b12-9-/t13?,14-/m0/s1. The molecule has 2 aromatic heterocycles. The maximum atomic E-state index is 10.4. The second-order valence-corrected chi connectivity index (χ2v) is 7.97. The van der Waals surface area contributed by atoms with Gasteiger partial charge in [0.25, 0.3) is 0 Å². The minimum Gasteiger partial charge on any atom is -0.507 e. The predicted molar refractivity (Wildman–Crippen MR) is 101 cm³/mol. The van der Waals surface area contributed by atoms with Gasteiger partial charge in [-0.25, -0.2) is 4.98 Å². The normalized spacial score (nSPS) is 23.6. The molecular weight excluding hydrogens is 346 g/mol. The smallest absolute Gasteiger partial charge is 0.151 e. The third-order valence-corrected chi connectivity index (χ3v) is 6.04. The summed E-state index contributed by atoms with van der Waals surface area (Å²) in [6.45, 7) is 0. The Labute approximate surface area is 155 Å². The zero-order valence-corrected chi connectivity index (χ0v) is 15.0. The topological polar surface area (TPSA) is 75.9 Å². The van der Waals surface area contributed by atoms with E-state index in [9.17, 15) is 5.11 Å². The van der Waals surface area contributed by atoms with Crippen LogP contribution in [0.5, 0.6) is 5.75 Å². The van der Waals surface area contributed by atoms with Crippen molar-refractivity contribution in [3.63, 3.8) is 0 Å². The quantitative estimate of drug-likeness (QED) is 0.744. The highest BCUT2D eigenvalue weighted by molar-refractivity contribution is 7.15. The molecule has 26 heavy (non-hydrogen) atoms. The Hall–Kier alpha value is -2.51. The van der Waals surface area contributed by atoms with Gasteiger partial charge in [-0.2, -0.15) is 0 Å². The number of hydrogen-bond acceptors (Lipinski definition) is 6. The maximum Gasteiger partial charge on any atom is 0.151 e. The van der Waals surface area contributed by atoms with E-state index in [1.165, 1.54) is 29.8 Å². The number of nitrogens with one attached hydrogen (secondary N) is 1. The average molecular weight is 365 g/mol. The van der Waals surface area contributed by atoms with Gasteiger partial charge in [-0.05, 0) is 43.9 Å². The van der Waals surface area contributed by atoms with Crippen LogP contribution in [0.25, 0.3) is 22.3 Å². The van der Waals surface area contributed by atoms with Crippen molar-refractivity contribution in [3.8, 4) is 22.0 Å². The fourth-order valence-electron chi connectivity index (χ4n) is 3.91. The molecule has 1 aromatic carbocycles. The summed E-state index contributed by atoms with van der Waals surface area (Å²) < 4.78 is 1.85. The van der Waals surface area contributed by atoms with Gasteiger partial charge < -0.3 is 15.0 Å². The average Bonchev–Trinajstić information content (AvgIpc) is 3.37. The lowest BCUT2D eigenvalue weighted by molar-refractivity contribution is 0.476. The zero-order valence-electron chi connectivity index (χ0n) is 14.2. The Morgan fingerprint density at radius 1 is 1.19 bits per heavy atom. The van der Waals surface area contributed by atoms with E-state index >= 15 is 0 Å². The van der Waals surface area contributed by atoms with Crippen molar-refractivity contribution in [2.45, 2.75) is 37.8 Å². The van der Waals surface area contributed by atoms with Gasteiger partial charge in [0.2, 0.25) is 0 Å². The van der Waals surface area contributed by atoms with Crippen molar-refractivity contribution < 1.29 is 5.11 Å². The number of aromatic nitrogens is 4. The number of fused-ring (bicyclic) bond motifs is 2. The maximum absolute atomic E-state index is 10.4. The Kier molecular flexibility index (Phi) is 3.83. The first-order valence-electron chi connectivity index (χ1n) is 8.85. The first-order chi connectivity index (χ1) is 12.7. The van der Waals surface area contributed by atoms with Crippen LogP contribution in [0.4, 0.5) is 0 Å². The van der Waals surface area contributed by atoms with Crippen molar-refractivity contribution in [2.24, 2.45) is 0 Å². The van der Waals surface area contributed by atoms with Gasteiger partial charge in [0, 0.05) is 30.5 Å². The minimum atomic E-state index is 0.200. The number of benzene rings is 1. The molecule has 2 aliphatic heterocycles. The lowest BCUT2D eigenvalue weighted by atomic mass is 9.99. The molecule has 0 amide bonds. The van der Waals surface area contributed by atoms with Gasteiger partial charge >= 0.3 is 0 Å². The molecule has 0 spiro atoms. The molecule has 0 saturated carbocycles. The molecule has 5 rings (SSSR count). The van der Waals surface area contributed by atoms with Gasteiger partial charge in [0.05, 0.1) is 17.6 Å². The molecule has 3 aromatic rings. The number of phenols is 1. The molecule has 6 nitrogen and oxygen atoms in total. The van der Waals surface area contributed by atoms with Crippen LogP contribution in [-0.4, -0.2) is 36.9 Å². The van der Waals surface area contributed by atoms with Crippen molar-refractivity contribution in [2.75, 3.05) is 0 Å².